The summed E-state index contributed by atoms with van der Waals surface area (Å²) in [5.41, 5.74) is 6.63. The number of halogens is 2. The van der Waals surface area contributed by atoms with E-state index in [4.69, 9.17) is 21.9 Å². The quantitative estimate of drug-likeness (QED) is 0.924. The van der Waals surface area contributed by atoms with Gasteiger partial charge in [0.2, 0.25) is 11.7 Å². The standard InChI is InChI=1S/C15H19ClN4O.ClH/c16-13-5-1-4-12(7-13)15-18-14(21-19-15)10-20-6-2-3-11(8-17)9-20;/h1,4-5,7,11H,2-3,6,8-10,17H2;1H. The van der Waals surface area contributed by atoms with Gasteiger partial charge in [-0.15, -0.1) is 12.4 Å². The summed E-state index contributed by atoms with van der Waals surface area (Å²) in [6.45, 7) is 3.49. The highest BCUT2D eigenvalue weighted by atomic mass is 35.5. The maximum atomic E-state index is 5.98. The number of nitrogens with two attached hydrogens (primary N) is 1. The van der Waals surface area contributed by atoms with Gasteiger partial charge in [-0.25, -0.2) is 0 Å². The molecule has 2 N–H and O–H groups in total. The number of nitrogens with zero attached hydrogens (tertiary/aromatic N) is 3. The zero-order chi connectivity index (χ0) is 14.7. The molecule has 1 aromatic heterocycles. The van der Waals surface area contributed by atoms with Gasteiger partial charge in [-0.05, 0) is 44.0 Å². The molecule has 1 aromatic carbocycles. The van der Waals surface area contributed by atoms with E-state index in [1.54, 1.807) is 0 Å². The molecular formula is C15H20Cl2N4O. The molecule has 0 spiro atoms. The van der Waals surface area contributed by atoms with Gasteiger partial charge in [0.1, 0.15) is 0 Å². The minimum absolute atomic E-state index is 0. The van der Waals surface area contributed by atoms with Crippen molar-refractivity contribution in [1.82, 2.24) is 15.0 Å². The Balaban J connectivity index is 0.00000176. The molecule has 7 heteroatoms. The molecule has 22 heavy (non-hydrogen) atoms. The molecule has 2 aromatic rings. The van der Waals surface area contributed by atoms with Gasteiger partial charge < -0.3 is 10.3 Å². The van der Waals surface area contributed by atoms with Crippen molar-refractivity contribution in [1.29, 1.82) is 0 Å². The molecule has 2 heterocycles. The highest BCUT2D eigenvalue weighted by molar-refractivity contribution is 6.30. The van der Waals surface area contributed by atoms with Crippen LogP contribution in [-0.2, 0) is 6.54 Å². The van der Waals surface area contributed by atoms with E-state index in [0.717, 1.165) is 25.2 Å². The Kier molecular flexibility index (Phi) is 6.20. The van der Waals surface area contributed by atoms with Crippen LogP contribution in [0.1, 0.15) is 18.7 Å². The molecule has 1 unspecified atom stereocenters. The highest BCUT2D eigenvalue weighted by Crippen LogP contribution is 2.21. The summed E-state index contributed by atoms with van der Waals surface area (Å²) in [7, 11) is 0. The fraction of sp³-hybridized carbons (Fsp3) is 0.467. The van der Waals surface area contributed by atoms with Crippen molar-refractivity contribution in [3.8, 4) is 11.4 Å². The van der Waals surface area contributed by atoms with Crippen molar-refractivity contribution in [2.24, 2.45) is 11.7 Å². The topological polar surface area (TPSA) is 68.2 Å². The number of aromatic nitrogens is 2. The van der Waals surface area contributed by atoms with Gasteiger partial charge in [-0.1, -0.05) is 28.9 Å². The first kappa shape index (κ1) is 17.2. The summed E-state index contributed by atoms with van der Waals surface area (Å²) < 4.78 is 5.35. The van der Waals surface area contributed by atoms with Crippen molar-refractivity contribution in [3.05, 3.63) is 35.2 Å². The van der Waals surface area contributed by atoms with E-state index in [1.807, 2.05) is 24.3 Å². The van der Waals surface area contributed by atoms with Crippen LogP contribution in [0.5, 0.6) is 0 Å². The second-order valence-corrected chi connectivity index (χ2v) is 5.94. The predicted molar refractivity (Wildman–Crippen MR) is 89.0 cm³/mol. The van der Waals surface area contributed by atoms with Crippen molar-refractivity contribution < 1.29 is 4.52 Å². The Bertz CT molecular complexity index is 605. The Morgan fingerprint density at radius 2 is 2.27 bits per heavy atom. The van der Waals surface area contributed by atoms with Crippen molar-refractivity contribution in [2.75, 3.05) is 19.6 Å². The van der Waals surface area contributed by atoms with Crippen LogP contribution >= 0.6 is 24.0 Å². The normalized spacial score (nSPS) is 18.9. The first-order chi connectivity index (χ1) is 10.2. The zero-order valence-corrected chi connectivity index (χ0v) is 13.8. The molecule has 120 valence electrons. The largest absolute Gasteiger partial charge is 0.338 e. The summed E-state index contributed by atoms with van der Waals surface area (Å²) in [4.78, 5) is 6.79. The number of benzene rings is 1. The lowest BCUT2D eigenvalue weighted by Gasteiger charge is -2.30. The maximum absolute atomic E-state index is 5.98. The molecule has 1 fully saturated rings. The van der Waals surface area contributed by atoms with Crippen LogP contribution < -0.4 is 5.73 Å². The third-order valence-electron chi connectivity index (χ3n) is 3.85. The lowest BCUT2D eigenvalue weighted by atomic mass is 9.98. The first-order valence-electron chi connectivity index (χ1n) is 7.25. The monoisotopic (exact) mass is 342 g/mol. The van der Waals surface area contributed by atoms with Gasteiger partial charge >= 0.3 is 0 Å². The average molecular weight is 343 g/mol. The lowest BCUT2D eigenvalue weighted by molar-refractivity contribution is 0.153. The fourth-order valence-electron chi connectivity index (χ4n) is 2.74. The molecule has 5 nitrogen and oxygen atoms in total. The minimum Gasteiger partial charge on any atom is -0.338 e. The summed E-state index contributed by atoms with van der Waals surface area (Å²) in [5, 5.41) is 4.70. The summed E-state index contributed by atoms with van der Waals surface area (Å²) in [6, 6.07) is 7.46. The first-order valence-corrected chi connectivity index (χ1v) is 7.63. The maximum Gasteiger partial charge on any atom is 0.241 e. The Morgan fingerprint density at radius 1 is 1.41 bits per heavy atom. The molecular weight excluding hydrogens is 323 g/mol. The number of hydrogen-bond donors (Lipinski definition) is 1. The van der Waals surface area contributed by atoms with E-state index in [-0.39, 0.29) is 12.4 Å². The molecule has 0 saturated carbocycles. The Morgan fingerprint density at radius 3 is 3.05 bits per heavy atom. The van der Waals surface area contributed by atoms with E-state index in [0.29, 0.717) is 29.2 Å². The van der Waals surface area contributed by atoms with Crippen LogP contribution in [-0.4, -0.2) is 34.7 Å². The second-order valence-electron chi connectivity index (χ2n) is 5.50. The summed E-state index contributed by atoms with van der Waals surface area (Å²) >= 11 is 5.98. The van der Waals surface area contributed by atoms with Crippen LogP contribution in [0.3, 0.4) is 0 Å². The Labute approximate surface area is 141 Å². The van der Waals surface area contributed by atoms with Gasteiger partial charge in [-0.2, -0.15) is 4.98 Å². The van der Waals surface area contributed by atoms with Gasteiger partial charge in [0, 0.05) is 17.1 Å². The van der Waals surface area contributed by atoms with Gasteiger partial charge in [0.25, 0.3) is 0 Å². The summed E-state index contributed by atoms with van der Waals surface area (Å²) in [5.74, 6) is 1.80. The van der Waals surface area contributed by atoms with Crippen LogP contribution in [0.15, 0.2) is 28.8 Å². The van der Waals surface area contributed by atoms with E-state index in [1.165, 1.54) is 12.8 Å². The van der Waals surface area contributed by atoms with Gasteiger partial charge in [0.05, 0.1) is 6.54 Å². The fourth-order valence-corrected chi connectivity index (χ4v) is 2.93. The molecule has 0 amide bonds. The van der Waals surface area contributed by atoms with Crippen LogP contribution in [0.4, 0.5) is 0 Å². The van der Waals surface area contributed by atoms with Crippen LogP contribution in [0.25, 0.3) is 11.4 Å². The number of likely N-dealkylation sites (tertiary alicyclic amines) is 1. The second kappa shape index (κ2) is 7.92. The van der Waals surface area contributed by atoms with Gasteiger partial charge in [0.15, 0.2) is 0 Å². The molecule has 0 aliphatic carbocycles. The zero-order valence-electron chi connectivity index (χ0n) is 12.2. The molecule has 0 bridgehead atoms. The van der Waals surface area contributed by atoms with Crippen molar-refractivity contribution in [2.45, 2.75) is 19.4 Å². The third-order valence-corrected chi connectivity index (χ3v) is 4.08. The van der Waals surface area contributed by atoms with E-state index in [2.05, 4.69) is 15.0 Å². The number of piperidine rings is 1. The molecule has 1 saturated heterocycles. The van der Waals surface area contributed by atoms with Crippen molar-refractivity contribution >= 4 is 24.0 Å². The molecule has 1 aliphatic rings. The predicted octanol–water partition coefficient (Wildman–Crippen LogP) is 2.98. The van der Waals surface area contributed by atoms with Crippen molar-refractivity contribution in [3.63, 3.8) is 0 Å². The number of rotatable bonds is 4. The van der Waals surface area contributed by atoms with E-state index < -0.39 is 0 Å². The smallest absolute Gasteiger partial charge is 0.241 e. The molecule has 1 atom stereocenters. The molecule has 3 rings (SSSR count). The SMILES string of the molecule is Cl.NCC1CCCN(Cc2nc(-c3cccc(Cl)c3)no2)C1. The lowest BCUT2D eigenvalue weighted by Crippen LogP contribution is -2.37. The van der Waals surface area contributed by atoms with E-state index >= 15 is 0 Å². The highest BCUT2D eigenvalue weighted by Gasteiger charge is 2.20. The molecule has 0 radical (unpaired) electrons. The summed E-state index contributed by atoms with van der Waals surface area (Å²) in [6.07, 6.45) is 2.39. The number of hydrogen-bond acceptors (Lipinski definition) is 5. The molecule has 1 aliphatic heterocycles. The van der Waals surface area contributed by atoms with Crippen LogP contribution in [0.2, 0.25) is 5.02 Å². The van der Waals surface area contributed by atoms with E-state index in [9.17, 15) is 0 Å². The minimum atomic E-state index is 0. The average Bonchev–Trinajstić information content (AvgIpc) is 2.96. The van der Waals surface area contributed by atoms with Crippen LogP contribution in [0, 0.1) is 5.92 Å². The van der Waals surface area contributed by atoms with Gasteiger partial charge in [-0.3, -0.25) is 4.90 Å². The Hall–Kier alpha value is -1.14. The third kappa shape index (κ3) is 4.20.